The van der Waals surface area contributed by atoms with Crippen LogP contribution < -0.4 is 9.47 Å². The number of aromatic hydroxyl groups is 1. The molecule has 13 heavy (non-hydrogen) atoms. The minimum atomic E-state index is 0.0394. The molecular weight excluding hydrogens is 172 g/mol. The van der Waals surface area contributed by atoms with Crippen LogP contribution in [0.4, 0.5) is 0 Å². The summed E-state index contributed by atoms with van der Waals surface area (Å²) < 4.78 is 9.71. The first-order chi connectivity index (χ1) is 6.29. The van der Waals surface area contributed by atoms with E-state index in [1.54, 1.807) is 18.2 Å². The normalized spacial score (nSPS) is 8.15. The van der Waals surface area contributed by atoms with E-state index in [9.17, 15) is 5.11 Å². The van der Waals surface area contributed by atoms with Gasteiger partial charge in [0.2, 0.25) is 5.75 Å². The van der Waals surface area contributed by atoms with Crippen LogP contribution in [-0.2, 0) is 4.79 Å². The van der Waals surface area contributed by atoms with Crippen molar-refractivity contribution < 1.29 is 19.4 Å². The van der Waals surface area contributed by atoms with E-state index in [0.717, 1.165) is 0 Å². The number of phenolic OH excluding ortho intramolecular Hbond substituents is 1. The Morgan fingerprint density at radius 2 is 1.54 bits per heavy atom. The first-order valence-corrected chi connectivity index (χ1v) is 3.48. The standard InChI is InChI=1S/C8H10O3.CH2O/c1-10-6-4-3-5-7(11-2)8(6)9;1-2/h3-5,9H,1-2H3;1H2. The van der Waals surface area contributed by atoms with Gasteiger partial charge in [-0.05, 0) is 12.1 Å². The van der Waals surface area contributed by atoms with Crippen LogP contribution >= 0.6 is 0 Å². The molecule has 0 atom stereocenters. The predicted molar refractivity (Wildman–Crippen MR) is 48.3 cm³/mol. The highest BCUT2D eigenvalue weighted by molar-refractivity contribution is 5.49. The van der Waals surface area contributed by atoms with Crippen LogP contribution in [0.3, 0.4) is 0 Å². The fourth-order valence-electron chi connectivity index (χ4n) is 0.832. The average molecular weight is 184 g/mol. The molecule has 0 radical (unpaired) electrons. The van der Waals surface area contributed by atoms with E-state index in [2.05, 4.69) is 0 Å². The second kappa shape index (κ2) is 5.88. The summed E-state index contributed by atoms with van der Waals surface area (Å²) >= 11 is 0. The van der Waals surface area contributed by atoms with Gasteiger partial charge in [-0.25, -0.2) is 0 Å². The number of carbonyl (C=O) groups excluding carboxylic acids is 1. The van der Waals surface area contributed by atoms with E-state index in [4.69, 9.17) is 14.3 Å². The summed E-state index contributed by atoms with van der Waals surface area (Å²) in [5.41, 5.74) is 0. The summed E-state index contributed by atoms with van der Waals surface area (Å²) in [5.74, 6) is 0.881. The van der Waals surface area contributed by atoms with Gasteiger partial charge in [-0.15, -0.1) is 0 Å². The molecule has 1 N–H and O–H groups in total. The quantitative estimate of drug-likeness (QED) is 0.750. The van der Waals surface area contributed by atoms with Gasteiger partial charge in [-0.2, -0.15) is 0 Å². The largest absolute Gasteiger partial charge is 0.502 e. The molecule has 4 heteroatoms. The van der Waals surface area contributed by atoms with Crippen molar-refractivity contribution in [2.45, 2.75) is 0 Å². The van der Waals surface area contributed by atoms with Crippen molar-refractivity contribution in [3.05, 3.63) is 18.2 Å². The average Bonchev–Trinajstić information content (AvgIpc) is 2.21. The highest BCUT2D eigenvalue weighted by Crippen LogP contribution is 2.34. The maximum Gasteiger partial charge on any atom is 0.200 e. The lowest BCUT2D eigenvalue weighted by Crippen LogP contribution is -1.87. The first-order valence-electron chi connectivity index (χ1n) is 3.48. The van der Waals surface area contributed by atoms with Gasteiger partial charge in [-0.1, -0.05) is 6.07 Å². The van der Waals surface area contributed by atoms with Gasteiger partial charge in [0.15, 0.2) is 11.5 Å². The lowest BCUT2D eigenvalue weighted by Gasteiger charge is -2.06. The van der Waals surface area contributed by atoms with Crippen LogP contribution in [0.1, 0.15) is 0 Å². The Labute approximate surface area is 76.7 Å². The maximum atomic E-state index is 9.34. The Hall–Kier alpha value is -1.71. The lowest BCUT2D eigenvalue weighted by molar-refractivity contribution is -0.0979. The van der Waals surface area contributed by atoms with Crippen LogP contribution in [-0.4, -0.2) is 26.1 Å². The summed E-state index contributed by atoms with van der Waals surface area (Å²) in [5, 5.41) is 9.34. The van der Waals surface area contributed by atoms with Gasteiger partial charge in [0.25, 0.3) is 0 Å². The molecule has 0 heterocycles. The molecule has 0 saturated heterocycles. The molecule has 0 fully saturated rings. The van der Waals surface area contributed by atoms with E-state index >= 15 is 0 Å². The molecule has 4 nitrogen and oxygen atoms in total. The number of methoxy groups -OCH3 is 2. The van der Waals surface area contributed by atoms with E-state index in [0.29, 0.717) is 11.5 Å². The van der Waals surface area contributed by atoms with Crippen molar-refractivity contribution in [2.24, 2.45) is 0 Å². The van der Waals surface area contributed by atoms with Crippen LogP contribution in [0.5, 0.6) is 17.2 Å². The molecule has 1 aromatic rings. The highest BCUT2D eigenvalue weighted by Gasteiger charge is 2.05. The second-order valence-electron chi connectivity index (χ2n) is 2.01. The smallest absolute Gasteiger partial charge is 0.200 e. The number of hydrogen-bond acceptors (Lipinski definition) is 4. The SMILES string of the molecule is C=O.COc1cccc(OC)c1O. The Kier molecular flexibility index (Phi) is 5.11. The fraction of sp³-hybridized carbons (Fsp3) is 0.222. The fourth-order valence-corrected chi connectivity index (χ4v) is 0.832. The third-order valence-corrected chi connectivity index (χ3v) is 1.40. The van der Waals surface area contributed by atoms with Gasteiger partial charge in [0.1, 0.15) is 6.79 Å². The highest BCUT2D eigenvalue weighted by atomic mass is 16.5. The van der Waals surface area contributed by atoms with Crippen LogP contribution in [0, 0.1) is 0 Å². The molecule has 0 amide bonds. The molecule has 0 aliphatic carbocycles. The first kappa shape index (κ1) is 11.3. The molecule has 0 unspecified atom stereocenters. The van der Waals surface area contributed by atoms with E-state index in [-0.39, 0.29) is 5.75 Å². The molecule has 1 aromatic carbocycles. The number of hydrogen-bond donors (Lipinski definition) is 1. The third-order valence-electron chi connectivity index (χ3n) is 1.40. The predicted octanol–water partition coefficient (Wildman–Crippen LogP) is 1.22. The Balaban J connectivity index is 0.000000671. The van der Waals surface area contributed by atoms with Crippen LogP contribution in [0.15, 0.2) is 18.2 Å². The number of ether oxygens (including phenoxy) is 2. The van der Waals surface area contributed by atoms with Gasteiger partial charge >= 0.3 is 0 Å². The molecular formula is C9H12O4. The summed E-state index contributed by atoms with van der Waals surface area (Å²) in [6.07, 6.45) is 0. The molecule has 0 saturated carbocycles. The molecule has 0 aromatic heterocycles. The van der Waals surface area contributed by atoms with E-state index in [1.165, 1.54) is 14.2 Å². The van der Waals surface area contributed by atoms with Gasteiger partial charge in [0, 0.05) is 0 Å². The number of benzene rings is 1. The number of carbonyl (C=O) groups is 1. The van der Waals surface area contributed by atoms with Gasteiger partial charge in [0.05, 0.1) is 14.2 Å². The van der Waals surface area contributed by atoms with Crippen molar-refractivity contribution in [3.63, 3.8) is 0 Å². The van der Waals surface area contributed by atoms with Crippen molar-refractivity contribution >= 4 is 6.79 Å². The lowest BCUT2D eigenvalue weighted by atomic mass is 10.3. The summed E-state index contributed by atoms with van der Waals surface area (Å²) in [6, 6.07) is 5.08. The van der Waals surface area contributed by atoms with Crippen molar-refractivity contribution in [2.75, 3.05) is 14.2 Å². The number of para-hydroxylation sites is 1. The summed E-state index contributed by atoms with van der Waals surface area (Å²) in [7, 11) is 2.99. The zero-order chi connectivity index (χ0) is 10.3. The van der Waals surface area contributed by atoms with Crippen LogP contribution in [0.25, 0.3) is 0 Å². The minimum absolute atomic E-state index is 0.0394. The second-order valence-corrected chi connectivity index (χ2v) is 2.01. The topological polar surface area (TPSA) is 55.8 Å². The number of rotatable bonds is 2. The Bertz CT molecular complexity index is 238. The van der Waals surface area contributed by atoms with Gasteiger partial charge in [-0.3, -0.25) is 0 Å². The third kappa shape index (κ3) is 2.66. The summed E-state index contributed by atoms with van der Waals surface area (Å²) in [6.45, 7) is 2.00. The molecule has 0 spiro atoms. The number of phenols is 1. The Morgan fingerprint density at radius 1 is 1.15 bits per heavy atom. The maximum absolute atomic E-state index is 9.34. The Morgan fingerprint density at radius 3 is 1.85 bits per heavy atom. The molecule has 0 aliphatic heterocycles. The van der Waals surface area contributed by atoms with Crippen LogP contribution in [0.2, 0.25) is 0 Å². The zero-order valence-electron chi connectivity index (χ0n) is 7.61. The van der Waals surface area contributed by atoms with E-state index in [1.807, 2.05) is 6.79 Å². The zero-order valence-corrected chi connectivity index (χ0v) is 7.61. The summed E-state index contributed by atoms with van der Waals surface area (Å²) in [4.78, 5) is 8.00. The molecule has 0 aliphatic rings. The van der Waals surface area contributed by atoms with Crippen molar-refractivity contribution in [1.29, 1.82) is 0 Å². The van der Waals surface area contributed by atoms with E-state index < -0.39 is 0 Å². The molecule has 0 bridgehead atoms. The minimum Gasteiger partial charge on any atom is -0.502 e. The van der Waals surface area contributed by atoms with Crippen molar-refractivity contribution in [3.8, 4) is 17.2 Å². The van der Waals surface area contributed by atoms with Gasteiger partial charge < -0.3 is 19.4 Å². The molecule has 72 valence electrons. The van der Waals surface area contributed by atoms with Crippen molar-refractivity contribution in [1.82, 2.24) is 0 Å². The monoisotopic (exact) mass is 184 g/mol. The molecule has 1 rings (SSSR count).